The number of pyridine rings is 1. The number of hydrogen-bond donors (Lipinski definition) is 1. The van der Waals surface area contributed by atoms with Crippen molar-refractivity contribution in [2.45, 2.75) is 19.6 Å². The summed E-state index contributed by atoms with van der Waals surface area (Å²) in [6, 6.07) is 3.11. The minimum atomic E-state index is -4.42. The SMILES string of the molecule is CN=C(NCc1ccnc(OCC(F)(F)F)c1)N1CC(C)C(C(=O)OC)C1. The van der Waals surface area contributed by atoms with Crippen LogP contribution < -0.4 is 10.1 Å². The van der Waals surface area contributed by atoms with Crippen LogP contribution in [0.2, 0.25) is 0 Å². The molecule has 0 aliphatic carbocycles. The Morgan fingerprint density at radius 3 is 2.81 bits per heavy atom. The van der Waals surface area contributed by atoms with Crippen LogP contribution in [0, 0.1) is 11.8 Å². The predicted molar refractivity (Wildman–Crippen MR) is 92.2 cm³/mol. The predicted octanol–water partition coefficient (Wildman–Crippen LogP) is 1.84. The standard InChI is InChI=1S/C17H23F3N4O3/c1-11-8-24(9-13(11)15(25)26-3)16(21-2)23-7-12-4-5-22-14(6-12)27-10-17(18,19)20/h4-6,11,13H,7-10H2,1-3H3,(H,21,23). The number of carbonyl (C=O) groups excluding carboxylic acids is 1. The van der Waals surface area contributed by atoms with Crippen molar-refractivity contribution in [2.75, 3.05) is 33.9 Å². The molecule has 0 bridgehead atoms. The first kappa shape index (κ1) is 20.8. The van der Waals surface area contributed by atoms with Gasteiger partial charge in [-0.1, -0.05) is 6.92 Å². The largest absolute Gasteiger partial charge is 0.469 e. The van der Waals surface area contributed by atoms with E-state index in [-0.39, 0.29) is 23.7 Å². The van der Waals surface area contributed by atoms with Gasteiger partial charge < -0.3 is 19.7 Å². The van der Waals surface area contributed by atoms with Crippen LogP contribution >= 0.6 is 0 Å². The molecular weight excluding hydrogens is 365 g/mol. The number of guanidine groups is 1. The first-order chi connectivity index (χ1) is 12.7. The highest BCUT2D eigenvalue weighted by Gasteiger charge is 2.36. The summed E-state index contributed by atoms with van der Waals surface area (Å²) < 4.78 is 46.2. The Balaban J connectivity index is 1.94. The fourth-order valence-corrected chi connectivity index (χ4v) is 2.91. The summed E-state index contributed by atoms with van der Waals surface area (Å²) in [7, 11) is 3.00. The Bertz CT molecular complexity index is 682. The van der Waals surface area contributed by atoms with E-state index in [0.717, 1.165) is 0 Å². The van der Waals surface area contributed by atoms with Gasteiger partial charge >= 0.3 is 12.1 Å². The molecule has 1 fully saturated rings. The minimum Gasteiger partial charge on any atom is -0.469 e. The average Bonchev–Trinajstić information content (AvgIpc) is 3.01. The Morgan fingerprint density at radius 2 is 2.19 bits per heavy atom. The minimum absolute atomic E-state index is 0.0952. The van der Waals surface area contributed by atoms with E-state index in [2.05, 4.69) is 20.0 Å². The highest BCUT2D eigenvalue weighted by Crippen LogP contribution is 2.24. The number of ether oxygens (including phenoxy) is 2. The van der Waals surface area contributed by atoms with E-state index in [4.69, 9.17) is 4.74 Å². The highest BCUT2D eigenvalue weighted by atomic mass is 19.4. The first-order valence-corrected chi connectivity index (χ1v) is 8.41. The molecule has 1 aromatic rings. The van der Waals surface area contributed by atoms with E-state index >= 15 is 0 Å². The molecule has 1 N–H and O–H groups in total. The second-order valence-electron chi connectivity index (χ2n) is 6.32. The van der Waals surface area contributed by atoms with Crippen molar-refractivity contribution < 1.29 is 27.4 Å². The third-order valence-corrected chi connectivity index (χ3v) is 4.26. The number of esters is 1. The number of nitrogens with one attached hydrogen (secondary N) is 1. The molecule has 2 unspecified atom stereocenters. The number of aliphatic imine (C=N–C) groups is 1. The summed E-state index contributed by atoms with van der Waals surface area (Å²) in [5.74, 6) is 0.155. The number of aromatic nitrogens is 1. The maximum atomic E-state index is 12.2. The van der Waals surface area contributed by atoms with Gasteiger partial charge in [0.25, 0.3) is 0 Å². The molecule has 2 heterocycles. The third-order valence-electron chi connectivity index (χ3n) is 4.26. The van der Waals surface area contributed by atoms with Crippen LogP contribution in [0.5, 0.6) is 5.88 Å². The number of rotatable bonds is 5. The Labute approximate surface area is 155 Å². The van der Waals surface area contributed by atoms with Gasteiger partial charge in [-0.3, -0.25) is 9.79 Å². The molecule has 1 aliphatic rings. The fourth-order valence-electron chi connectivity index (χ4n) is 2.91. The highest BCUT2D eigenvalue weighted by molar-refractivity contribution is 5.82. The van der Waals surface area contributed by atoms with Gasteiger partial charge in [0.2, 0.25) is 5.88 Å². The summed E-state index contributed by atoms with van der Waals surface area (Å²) in [5.41, 5.74) is 0.695. The van der Waals surface area contributed by atoms with Crippen LogP contribution in [-0.4, -0.2) is 61.8 Å². The van der Waals surface area contributed by atoms with E-state index in [1.165, 1.54) is 19.4 Å². The maximum absolute atomic E-state index is 12.2. The van der Waals surface area contributed by atoms with Gasteiger partial charge in [0.1, 0.15) is 0 Å². The Kier molecular flexibility index (Phi) is 6.86. The van der Waals surface area contributed by atoms with Gasteiger partial charge in [-0.15, -0.1) is 0 Å². The number of nitrogens with zero attached hydrogens (tertiary/aromatic N) is 3. The Hall–Kier alpha value is -2.52. The number of carbonyl (C=O) groups is 1. The molecule has 1 aromatic heterocycles. The average molecular weight is 388 g/mol. The van der Waals surface area contributed by atoms with Crippen LogP contribution in [-0.2, 0) is 16.1 Å². The van der Waals surface area contributed by atoms with Crippen LogP contribution in [0.1, 0.15) is 12.5 Å². The maximum Gasteiger partial charge on any atom is 0.422 e. The van der Waals surface area contributed by atoms with E-state index in [1.54, 1.807) is 13.1 Å². The number of methoxy groups -OCH3 is 1. The van der Waals surface area contributed by atoms with E-state index in [1.807, 2.05) is 11.8 Å². The molecule has 10 heteroatoms. The van der Waals surface area contributed by atoms with Crippen LogP contribution in [0.25, 0.3) is 0 Å². The van der Waals surface area contributed by atoms with Gasteiger partial charge in [-0.25, -0.2) is 4.98 Å². The zero-order valence-electron chi connectivity index (χ0n) is 15.4. The lowest BCUT2D eigenvalue weighted by atomic mass is 9.99. The molecule has 0 radical (unpaired) electrons. The normalized spacial score (nSPS) is 20.5. The molecule has 0 aromatic carbocycles. The molecular formula is C17H23F3N4O3. The molecule has 2 rings (SSSR count). The number of hydrogen-bond acceptors (Lipinski definition) is 5. The zero-order valence-corrected chi connectivity index (χ0v) is 15.4. The van der Waals surface area contributed by atoms with Crippen LogP contribution in [0.4, 0.5) is 13.2 Å². The molecule has 27 heavy (non-hydrogen) atoms. The quantitative estimate of drug-likeness (QED) is 0.471. The summed E-state index contributed by atoms with van der Waals surface area (Å²) in [6.07, 6.45) is -3.03. The van der Waals surface area contributed by atoms with Gasteiger partial charge in [0, 0.05) is 38.9 Å². The summed E-state index contributed by atoms with van der Waals surface area (Å²) in [4.78, 5) is 21.8. The smallest absolute Gasteiger partial charge is 0.422 e. The summed E-state index contributed by atoms with van der Waals surface area (Å²) in [6.45, 7) is 2.05. The second kappa shape index (κ2) is 8.92. The van der Waals surface area contributed by atoms with Crippen LogP contribution in [0.3, 0.4) is 0 Å². The zero-order chi connectivity index (χ0) is 20.0. The topological polar surface area (TPSA) is 76.1 Å². The molecule has 0 amide bonds. The lowest BCUT2D eigenvalue weighted by molar-refractivity contribution is -0.154. The van der Waals surface area contributed by atoms with Crippen molar-refractivity contribution in [3.8, 4) is 5.88 Å². The lowest BCUT2D eigenvalue weighted by Crippen LogP contribution is -2.40. The molecule has 150 valence electrons. The van der Waals surface area contributed by atoms with Crippen molar-refractivity contribution in [3.63, 3.8) is 0 Å². The van der Waals surface area contributed by atoms with E-state index in [9.17, 15) is 18.0 Å². The molecule has 0 spiro atoms. The van der Waals surface area contributed by atoms with Crippen molar-refractivity contribution in [2.24, 2.45) is 16.8 Å². The number of halogens is 3. The van der Waals surface area contributed by atoms with Gasteiger partial charge in [0.05, 0.1) is 13.0 Å². The van der Waals surface area contributed by atoms with Gasteiger partial charge in [0.15, 0.2) is 12.6 Å². The van der Waals surface area contributed by atoms with Crippen molar-refractivity contribution >= 4 is 11.9 Å². The Morgan fingerprint density at radius 1 is 1.44 bits per heavy atom. The summed E-state index contributed by atoms with van der Waals surface area (Å²) >= 11 is 0. The molecule has 7 nitrogen and oxygen atoms in total. The van der Waals surface area contributed by atoms with Crippen molar-refractivity contribution in [1.82, 2.24) is 15.2 Å². The van der Waals surface area contributed by atoms with Crippen LogP contribution in [0.15, 0.2) is 23.3 Å². The third kappa shape index (κ3) is 6.00. The first-order valence-electron chi connectivity index (χ1n) is 8.41. The molecule has 0 saturated carbocycles. The lowest BCUT2D eigenvalue weighted by Gasteiger charge is -2.21. The fraction of sp³-hybridized carbons (Fsp3) is 0.588. The molecule has 2 atom stereocenters. The monoisotopic (exact) mass is 388 g/mol. The summed E-state index contributed by atoms with van der Waals surface area (Å²) in [5, 5.41) is 3.14. The van der Waals surface area contributed by atoms with Gasteiger partial charge in [-0.2, -0.15) is 13.2 Å². The number of likely N-dealkylation sites (tertiary alicyclic amines) is 1. The van der Waals surface area contributed by atoms with Crippen molar-refractivity contribution in [3.05, 3.63) is 23.9 Å². The van der Waals surface area contributed by atoms with E-state index < -0.39 is 12.8 Å². The van der Waals surface area contributed by atoms with E-state index in [0.29, 0.717) is 31.2 Å². The molecule has 1 aliphatic heterocycles. The number of alkyl halides is 3. The van der Waals surface area contributed by atoms with Crippen molar-refractivity contribution in [1.29, 1.82) is 0 Å². The molecule has 1 saturated heterocycles. The van der Waals surface area contributed by atoms with Gasteiger partial charge in [-0.05, 0) is 17.5 Å². The second-order valence-corrected chi connectivity index (χ2v) is 6.32.